The zero-order valence-corrected chi connectivity index (χ0v) is 14.0. The van der Waals surface area contributed by atoms with Gasteiger partial charge < -0.3 is 4.90 Å². The van der Waals surface area contributed by atoms with E-state index in [0.29, 0.717) is 17.2 Å². The molecule has 0 saturated carbocycles. The van der Waals surface area contributed by atoms with Crippen molar-refractivity contribution in [2.24, 2.45) is 11.3 Å². The van der Waals surface area contributed by atoms with E-state index in [0.717, 1.165) is 36.2 Å². The van der Waals surface area contributed by atoms with Gasteiger partial charge in [0, 0.05) is 19.0 Å². The van der Waals surface area contributed by atoms with Gasteiger partial charge in [-0.25, -0.2) is 9.97 Å². The van der Waals surface area contributed by atoms with Crippen molar-refractivity contribution in [3.05, 3.63) is 17.7 Å². The number of hydrogen-bond acceptors (Lipinski definition) is 3. The van der Waals surface area contributed by atoms with Gasteiger partial charge in [0.15, 0.2) is 0 Å². The Labute approximate surface area is 127 Å². The molecule has 0 aromatic carbocycles. The van der Waals surface area contributed by atoms with Crippen LogP contribution in [0, 0.1) is 11.3 Å². The predicted molar refractivity (Wildman–Crippen MR) is 85.5 cm³/mol. The minimum Gasteiger partial charge on any atom is -0.368 e. The zero-order valence-electron chi connectivity index (χ0n) is 13.3. The topological polar surface area (TPSA) is 29.0 Å². The largest absolute Gasteiger partial charge is 0.368 e. The highest BCUT2D eigenvalue weighted by atomic mass is 35.5. The van der Waals surface area contributed by atoms with Crippen molar-refractivity contribution in [2.75, 3.05) is 18.0 Å². The van der Waals surface area contributed by atoms with Crippen LogP contribution in [-0.2, 0) is 5.88 Å². The van der Waals surface area contributed by atoms with Gasteiger partial charge in [0.2, 0.25) is 0 Å². The third kappa shape index (κ3) is 3.25. The second-order valence-electron chi connectivity index (χ2n) is 7.15. The van der Waals surface area contributed by atoms with Crippen molar-refractivity contribution in [2.45, 2.75) is 52.8 Å². The minimum absolute atomic E-state index is 0.340. The lowest BCUT2D eigenvalue weighted by Gasteiger charge is -2.28. The molecule has 1 atom stereocenters. The lowest BCUT2D eigenvalue weighted by molar-refractivity contribution is 0.263. The number of nitrogens with zero attached hydrogens (tertiary/aromatic N) is 3. The number of anilines is 1. The van der Waals surface area contributed by atoms with Crippen LogP contribution in [0.2, 0.25) is 0 Å². The van der Waals surface area contributed by atoms with Crippen molar-refractivity contribution in [3.8, 4) is 0 Å². The van der Waals surface area contributed by atoms with Crippen LogP contribution in [0.25, 0.3) is 0 Å². The van der Waals surface area contributed by atoms with Crippen LogP contribution in [0.1, 0.15) is 58.5 Å². The van der Waals surface area contributed by atoms with E-state index in [-0.39, 0.29) is 0 Å². The molecule has 1 aliphatic heterocycles. The molecule has 1 fully saturated rings. The van der Waals surface area contributed by atoms with Crippen LogP contribution < -0.4 is 4.90 Å². The van der Waals surface area contributed by atoms with Crippen LogP contribution >= 0.6 is 11.6 Å². The maximum atomic E-state index is 6.10. The van der Waals surface area contributed by atoms with E-state index in [1.807, 2.05) is 6.20 Å². The van der Waals surface area contributed by atoms with Gasteiger partial charge in [0.25, 0.3) is 0 Å². The molecule has 20 heavy (non-hydrogen) atoms. The van der Waals surface area contributed by atoms with Gasteiger partial charge in [-0.05, 0) is 17.8 Å². The molecule has 1 aromatic rings. The zero-order chi connectivity index (χ0) is 14.9. The molecule has 1 saturated heterocycles. The van der Waals surface area contributed by atoms with Gasteiger partial charge >= 0.3 is 0 Å². The first-order valence-electron chi connectivity index (χ1n) is 7.49. The number of halogens is 1. The molecule has 0 aliphatic carbocycles. The maximum Gasteiger partial charge on any atom is 0.131 e. The second-order valence-corrected chi connectivity index (χ2v) is 7.41. The molecular weight excluding hydrogens is 270 g/mol. The van der Waals surface area contributed by atoms with Crippen molar-refractivity contribution in [1.29, 1.82) is 0 Å². The van der Waals surface area contributed by atoms with E-state index in [1.165, 1.54) is 6.42 Å². The van der Waals surface area contributed by atoms with Gasteiger partial charge in [-0.3, -0.25) is 0 Å². The fourth-order valence-electron chi connectivity index (χ4n) is 2.75. The predicted octanol–water partition coefficient (Wildman–Crippen LogP) is 4.21. The molecule has 0 N–H and O–H groups in total. The molecule has 1 aliphatic rings. The summed E-state index contributed by atoms with van der Waals surface area (Å²) in [7, 11) is 0. The van der Waals surface area contributed by atoms with Crippen LogP contribution in [0.15, 0.2) is 6.20 Å². The summed E-state index contributed by atoms with van der Waals surface area (Å²) in [5.41, 5.74) is 2.45. The van der Waals surface area contributed by atoms with Crippen LogP contribution in [0.3, 0.4) is 0 Å². The summed E-state index contributed by atoms with van der Waals surface area (Å²) in [5.74, 6) is 2.40. The summed E-state index contributed by atoms with van der Waals surface area (Å²) in [6.07, 6.45) is 3.20. The van der Waals surface area contributed by atoms with Crippen molar-refractivity contribution < 1.29 is 0 Å². The van der Waals surface area contributed by atoms with Gasteiger partial charge in [-0.15, -0.1) is 11.6 Å². The van der Waals surface area contributed by atoms with E-state index in [4.69, 9.17) is 11.6 Å². The van der Waals surface area contributed by atoms with Gasteiger partial charge in [0.05, 0.1) is 23.5 Å². The molecule has 3 nitrogen and oxygen atoms in total. The van der Waals surface area contributed by atoms with Crippen LogP contribution in [0.5, 0.6) is 0 Å². The van der Waals surface area contributed by atoms with E-state index < -0.39 is 0 Å². The first-order valence-corrected chi connectivity index (χ1v) is 8.03. The highest BCUT2D eigenvalue weighted by Crippen LogP contribution is 2.36. The number of aromatic nitrogens is 2. The highest BCUT2D eigenvalue weighted by Gasteiger charge is 2.32. The summed E-state index contributed by atoms with van der Waals surface area (Å²) >= 11 is 6.10. The van der Waals surface area contributed by atoms with Crippen LogP contribution in [0.4, 0.5) is 5.69 Å². The molecule has 0 radical (unpaired) electrons. The Kier molecular flexibility index (Phi) is 4.58. The Bertz CT molecular complexity index is 465. The van der Waals surface area contributed by atoms with E-state index >= 15 is 0 Å². The summed E-state index contributed by atoms with van der Waals surface area (Å²) < 4.78 is 0. The molecular formula is C16H26ClN3. The Morgan fingerprint density at radius 3 is 2.60 bits per heavy atom. The van der Waals surface area contributed by atoms with Crippen molar-refractivity contribution in [3.63, 3.8) is 0 Å². The maximum absolute atomic E-state index is 6.10. The molecule has 1 aromatic heterocycles. The van der Waals surface area contributed by atoms with Crippen molar-refractivity contribution in [1.82, 2.24) is 9.97 Å². The third-order valence-corrected chi connectivity index (χ3v) is 4.51. The fourth-order valence-corrected chi connectivity index (χ4v) is 2.95. The number of alkyl halides is 1. The summed E-state index contributed by atoms with van der Waals surface area (Å²) in [6.45, 7) is 13.3. The molecule has 112 valence electrons. The highest BCUT2D eigenvalue weighted by molar-refractivity contribution is 6.17. The average Bonchev–Trinajstić information content (AvgIpc) is 2.87. The quantitative estimate of drug-likeness (QED) is 0.782. The first-order chi connectivity index (χ1) is 9.32. The van der Waals surface area contributed by atoms with E-state index in [2.05, 4.69) is 49.5 Å². The molecule has 2 rings (SSSR count). The Balaban J connectivity index is 2.22. The van der Waals surface area contributed by atoms with E-state index in [9.17, 15) is 0 Å². The normalized spacial score (nSPS) is 19.9. The molecule has 0 bridgehead atoms. The fraction of sp³-hybridized carbons (Fsp3) is 0.750. The third-order valence-electron chi connectivity index (χ3n) is 4.26. The minimum atomic E-state index is 0.340. The monoisotopic (exact) mass is 295 g/mol. The van der Waals surface area contributed by atoms with Gasteiger partial charge in [0.1, 0.15) is 5.82 Å². The smallest absolute Gasteiger partial charge is 0.131 e. The van der Waals surface area contributed by atoms with E-state index in [1.54, 1.807) is 0 Å². The first kappa shape index (κ1) is 15.6. The van der Waals surface area contributed by atoms with Gasteiger partial charge in [-0.2, -0.15) is 0 Å². The molecule has 2 heterocycles. The second kappa shape index (κ2) is 5.88. The Hall–Kier alpha value is -0.830. The molecule has 0 amide bonds. The SMILES string of the molecule is CC(C)c1ncc(N2CCC(C(C)(C)C)C2)c(CCl)n1. The summed E-state index contributed by atoms with van der Waals surface area (Å²) in [5, 5.41) is 0. The lowest BCUT2D eigenvalue weighted by Crippen LogP contribution is -2.26. The Morgan fingerprint density at radius 1 is 1.40 bits per heavy atom. The van der Waals surface area contributed by atoms with Gasteiger partial charge in [-0.1, -0.05) is 34.6 Å². The number of rotatable bonds is 3. The lowest BCUT2D eigenvalue weighted by atomic mass is 9.80. The summed E-state index contributed by atoms with van der Waals surface area (Å²) in [6, 6.07) is 0. The number of hydrogen-bond donors (Lipinski definition) is 0. The molecule has 4 heteroatoms. The molecule has 1 unspecified atom stereocenters. The standard InChI is InChI=1S/C16H26ClN3/c1-11(2)15-18-9-14(13(8-17)19-15)20-7-6-12(10-20)16(3,4)5/h9,11-12H,6-8,10H2,1-5H3. The Morgan fingerprint density at radius 2 is 2.10 bits per heavy atom. The van der Waals surface area contributed by atoms with Crippen LogP contribution in [-0.4, -0.2) is 23.1 Å². The molecule has 0 spiro atoms. The van der Waals surface area contributed by atoms with Crippen molar-refractivity contribution >= 4 is 17.3 Å². The average molecular weight is 296 g/mol. The summed E-state index contributed by atoms with van der Waals surface area (Å²) in [4.78, 5) is 11.5.